The van der Waals surface area contributed by atoms with Gasteiger partial charge in [0, 0.05) is 31.7 Å². The van der Waals surface area contributed by atoms with E-state index in [1.165, 1.54) is 14.2 Å². The molecule has 1 fully saturated rings. The number of rotatable bonds is 6. The lowest BCUT2D eigenvalue weighted by molar-refractivity contribution is 0.0926. The molecular formula is C20H23Cl2N3O3. The van der Waals surface area contributed by atoms with Crippen LogP contribution >= 0.6 is 23.2 Å². The number of nitrogens with zero attached hydrogens (tertiary/aromatic N) is 2. The highest BCUT2D eigenvalue weighted by molar-refractivity contribution is 6.43. The molecule has 0 aliphatic carbocycles. The Balaban J connectivity index is 1.64. The molecule has 1 aliphatic rings. The predicted octanol–water partition coefficient (Wildman–Crippen LogP) is 3.60. The maximum Gasteiger partial charge on any atom is 0.183 e. The van der Waals surface area contributed by atoms with Crippen LogP contribution in [0.2, 0.25) is 10.0 Å². The SMILES string of the molecule is COc1cc(C(=O)CN2CCN(c3cccc(Cl)c3Cl)CC2)cc(N)c1OC. The molecule has 1 saturated heterocycles. The van der Waals surface area contributed by atoms with Crippen LogP contribution in [0.4, 0.5) is 11.4 Å². The largest absolute Gasteiger partial charge is 0.493 e. The highest BCUT2D eigenvalue weighted by Crippen LogP contribution is 2.35. The lowest BCUT2D eigenvalue weighted by Gasteiger charge is -2.36. The van der Waals surface area contributed by atoms with Gasteiger partial charge in [-0.05, 0) is 24.3 Å². The molecule has 0 bridgehead atoms. The van der Waals surface area contributed by atoms with Crippen molar-refractivity contribution >= 4 is 40.4 Å². The second-order valence-corrected chi connectivity index (χ2v) is 7.35. The molecule has 6 nitrogen and oxygen atoms in total. The summed E-state index contributed by atoms with van der Waals surface area (Å²) in [6, 6.07) is 8.92. The minimum atomic E-state index is -0.0121. The smallest absolute Gasteiger partial charge is 0.183 e. The van der Waals surface area contributed by atoms with Gasteiger partial charge in [-0.15, -0.1) is 0 Å². The monoisotopic (exact) mass is 423 g/mol. The molecule has 0 radical (unpaired) electrons. The highest BCUT2D eigenvalue weighted by atomic mass is 35.5. The molecule has 3 rings (SSSR count). The number of anilines is 2. The molecule has 0 amide bonds. The van der Waals surface area contributed by atoms with Crippen molar-refractivity contribution in [2.24, 2.45) is 0 Å². The molecule has 28 heavy (non-hydrogen) atoms. The van der Waals surface area contributed by atoms with Crippen molar-refractivity contribution < 1.29 is 14.3 Å². The molecule has 2 N–H and O–H groups in total. The number of nitrogens with two attached hydrogens (primary N) is 1. The van der Waals surface area contributed by atoms with Crippen molar-refractivity contribution in [2.75, 3.05) is 57.6 Å². The van der Waals surface area contributed by atoms with Gasteiger partial charge < -0.3 is 20.1 Å². The van der Waals surface area contributed by atoms with E-state index in [9.17, 15) is 4.79 Å². The Morgan fingerprint density at radius 2 is 1.82 bits per heavy atom. The van der Waals surface area contributed by atoms with Crippen molar-refractivity contribution in [3.05, 3.63) is 45.9 Å². The zero-order chi connectivity index (χ0) is 20.3. The standard InChI is InChI=1S/C20H23Cl2N3O3/c1-27-18-11-13(10-15(23)20(18)28-2)17(26)12-24-6-8-25(9-7-24)16-5-3-4-14(21)19(16)22/h3-5,10-11H,6-9,12,23H2,1-2H3. The number of halogens is 2. The third-order valence-corrected chi connectivity index (χ3v) is 5.65. The number of Topliss-reactive ketones (excluding diaryl/α,β-unsaturated/α-hetero) is 1. The van der Waals surface area contributed by atoms with Gasteiger partial charge in [0.25, 0.3) is 0 Å². The van der Waals surface area contributed by atoms with E-state index in [0.29, 0.717) is 39.3 Å². The molecule has 1 aliphatic heterocycles. The van der Waals surface area contributed by atoms with Gasteiger partial charge in [0.2, 0.25) is 0 Å². The van der Waals surface area contributed by atoms with Crippen molar-refractivity contribution in [1.82, 2.24) is 4.90 Å². The van der Waals surface area contributed by atoms with Crippen LogP contribution in [0.3, 0.4) is 0 Å². The van der Waals surface area contributed by atoms with E-state index in [1.807, 2.05) is 12.1 Å². The minimum Gasteiger partial charge on any atom is -0.493 e. The molecule has 0 unspecified atom stereocenters. The Morgan fingerprint density at radius 1 is 1.11 bits per heavy atom. The summed E-state index contributed by atoms with van der Waals surface area (Å²) < 4.78 is 10.5. The Kier molecular flexibility index (Phi) is 6.54. The first-order valence-corrected chi connectivity index (χ1v) is 9.66. The van der Waals surface area contributed by atoms with Crippen LogP contribution in [0.15, 0.2) is 30.3 Å². The Hall–Kier alpha value is -2.15. The number of benzene rings is 2. The fraction of sp³-hybridized carbons (Fsp3) is 0.350. The van der Waals surface area contributed by atoms with Crippen LogP contribution in [-0.2, 0) is 0 Å². The number of nitrogen functional groups attached to an aromatic ring is 1. The summed E-state index contributed by atoms with van der Waals surface area (Å²) in [6.45, 7) is 3.34. The van der Waals surface area contributed by atoms with Crippen molar-refractivity contribution in [1.29, 1.82) is 0 Å². The van der Waals surface area contributed by atoms with Crippen molar-refractivity contribution in [3.63, 3.8) is 0 Å². The zero-order valence-corrected chi connectivity index (χ0v) is 17.4. The summed E-state index contributed by atoms with van der Waals surface area (Å²) in [5.74, 6) is 0.874. The van der Waals surface area contributed by atoms with Crippen molar-refractivity contribution in [2.45, 2.75) is 0 Å². The van der Waals surface area contributed by atoms with Gasteiger partial charge in [0.1, 0.15) is 0 Å². The van der Waals surface area contributed by atoms with E-state index in [1.54, 1.807) is 18.2 Å². The van der Waals surface area contributed by atoms with Gasteiger partial charge in [0.05, 0.1) is 42.2 Å². The number of piperazine rings is 1. The Morgan fingerprint density at radius 3 is 2.46 bits per heavy atom. The number of hydrogen-bond donors (Lipinski definition) is 1. The molecule has 8 heteroatoms. The van der Waals surface area contributed by atoms with Gasteiger partial charge >= 0.3 is 0 Å². The predicted molar refractivity (Wildman–Crippen MR) is 113 cm³/mol. The van der Waals surface area contributed by atoms with Crippen LogP contribution in [0.5, 0.6) is 11.5 Å². The van der Waals surface area contributed by atoms with Crippen molar-refractivity contribution in [3.8, 4) is 11.5 Å². The number of carbonyl (C=O) groups is 1. The number of carbonyl (C=O) groups excluding carboxylic acids is 1. The normalized spacial score (nSPS) is 14.8. The first kappa shape index (κ1) is 20.6. The molecule has 1 heterocycles. The quantitative estimate of drug-likeness (QED) is 0.565. The lowest BCUT2D eigenvalue weighted by Crippen LogP contribution is -2.48. The van der Waals surface area contributed by atoms with Crippen LogP contribution in [-0.4, -0.2) is 57.6 Å². The molecule has 2 aromatic carbocycles. The summed E-state index contributed by atoms with van der Waals surface area (Å²) >= 11 is 12.4. The Bertz CT molecular complexity index is 868. The topological polar surface area (TPSA) is 68.0 Å². The van der Waals surface area contributed by atoms with Gasteiger partial charge in [-0.1, -0.05) is 29.3 Å². The van der Waals surface area contributed by atoms with Crippen LogP contribution in [0, 0.1) is 0 Å². The van der Waals surface area contributed by atoms with E-state index >= 15 is 0 Å². The first-order chi connectivity index (χ1) is 13.4. The average molecular weight is 424 g/mol. The highest BCUT2D eigenvalue weighted by Gasteiger charge is 2.22. The van der Waals surface area contributed by atoms with Gasteiger partial charge in [-0.2, -0.15) is 0 Å². The minimum absolute atomic E-state index is 0.0121. The van der Waals surface area contributed by atoms with E-state index in [2.05, 4.69) is 9.80 Å². The Labute approximate surface area is 174 Å². The maximum absolute atomic E-state index is 12.7. The van der Waals surface area contributed by atoms with E-state index in [-0.39, 0.29) is 5.78 Å². The van der Waals surface area contributed by atoms with Crippen LogP contribution < -0.4 is 20.1 Å². The second kappa shape index (κ2) is 8.90. The van der Waals surface area contributed by atoms with E-state index in [0.717, 1.165) is 31.9 Å². The summed E-state index contributed by atoms with van der Waals surface area (Å²) in [5.41, 5.74) is 7.80. The molecule has 0 saturated carbocycles. The van der Waals surface area contributed by atoms with Gasteiger partial charge in [0.15, 0.2) is 17.3 Å². The van der Waals surface area contributed by atoms with Gasteiger partial charge in [-0.3, -0.25) is 9.69 Å². The zero-order valence-electron chi connectivity index (χ0n) is 15.9. The van der Waals surface area contributed by atoms with Crippen LogP contribution in [0.25, 0.3) is 0 Å². The molecule has 2 aromatic rings. The molecule has 0 atom stereocenters. The second-order valence-electron chi connectivity index (χ2n) is 6.56. The molecular weight excluding hydrogens is 401 g/mol. The molecule has 0 aromatic heterocycles. The van der Waals surface area contributed by atoms with E-state index < -0.39 is 0 Å². The average Bonchev–Trinajstić information content (AvgIpc) is 2.70. The fourth-order valence-corrected chi connectivity index (χ4v) is 3.75. The summed E-state index contributed by atoms with van der Waals surface area (Å²) in [6.07, 6.45) is 0. The molecule has 150 valence electrons. The third kappa shape index (κ3) is 4.29. The maximum atomic E-state index is 12.7. The lowest BCUT2D eigenvalue weighted by atomic mass is 10.1. The number of hydrogen-bond acceptors (Lipinski definition) is 6. The fourth-order valence-electron chi connectivity index (χ4n) is 3.33. The summed E-state index contributed by atoms with van der Waals surface area (Å²) in [7, 11) is 3.03. The summed E-state index contributed by atoms with van der Waals surface area (Å²) in [4.78, 5) is 17.0. The number of methoxy groups -OCH3 is 2. The number of ether oxygens (including phenoxy) is 2. The van der Waals surface area contributed by atoms with E-state index in [4.69, 9.17) is 38.4 Å². The molecule has 0 spiro atoms. The number of ketones is 1. The van der Waals surface area contributed by atoms with Crippen LogP contribution in [0.1, 0.15) is 10.4 Å². The third-order valence-electron chi connectivity index (χ3n) is 4.84. The van der Waals surface area contributed by atoms with Gasteiger partial charge in [-0.25, -0.2) is 0 Å². The summed E-state index contributed by atoms with van der Waals surface area (Å²) in [5, 5.41) is 1.11. The first-order valence-electron chi connectivity index (χ1n) is 8.90.